The van der Waals surface area contributed by atoms with Gasteiger partial charge in [0.2, 0.25) is 15.8 Å². The summed E-state index contributed by atoms with van der Waals surface area (Å²) in [6, 6.07) is 8.83. The van der Waals surface area contributed by atoms with Gasteiger partial charge in [-0.25, -0.2) is 22.2 Å². The molecule has 6 N–H and O–H groups in total. The molecule has 4 rings (SSSR count). The highest BCUT2D eigenvalue weighted by atomic mass is 32.2. The van der Waals surface area contributed by atoms with Gasteiger partial charge in [-0.05, 0) is 49.2 Å². The Labute approximate surface area is 204 Å². The fourth-order valence-corrected chi connectivity index (χ4v) is 6.13. The van der Waals surface area contributed by atoms with Crippen LogP contribution in [0.3, 0.4) is 0 Å². The molecule has 1 fully saturated rings. The van der Waals surface area contributed by atoms with Gasteiger partial charge >= 0.3 is 0 Å². The number of hydrogen-bond acceptors (Lipinski definition) is 8. The molecule has 0 saturated carbocycles. The summed E-state index contributed by atoms with van der Waals surface area (Å²) >= 11 is 0.891. The zero-order chi connectivity index (χ0) is 25.3. The van der Waals surface area contributed by atoms with Gasteiger partial charge in [-0.1, -0.05) is 17.4 Å². The van der Waals surface area contributed by atoms with Crippen molar-refractivity contribution in [3.05, 3.63) is 70.1 Å². The number of amidine groups is 1. The molecule has 0 spiro atoms. The molecule has 1 aliphatic rings. The number of halogens is 2. The molecule has 1 saturated heterocycles. The van der Waals surface area contributed by atoms with E-state index >= 15 is 0 Å². The number of benzene rings is 2. The monoisotopic (exact) mass is 520 g/mol. The van der Waals surface area contributed by atoms with Gasteiger partial charge < -0.3 is 16.8 Å². The van der Waals surface area contributed by atoms with E-state index in [9.17, 15) is 22.0 Å². The molecule has 0 radical (unpaired) electrons. The highest BCUT2D eigenvalue weighted by molar-refractivity contribution is 7.89. The summed E-state index contributed by atoms with van der Waals surface area (Å²) in [5.41, 5.74) is 11.0. The lowest BCUT2D eigenvalue weighted by molar-refractivity contribution is 0.103. The molecule has 3 aromatic rings. The van der Waals surface area contributed by atoms with E-state index < -0.39 is 33.0 Å². The van der Waals surface area contributed by atoms with Crippen LogP contribution >= 0.6 is 11.3 Å². The normalized spacial score (nSPS) is 15.1. The first kappa shape index (κ1) is 24.7. The number of carbonyl (C=O) groups is 1. The first-order chi connectivity index (χ1) is 16.6. The van der Waals surface area contributed by atoms with Crippen LogP contribution < -0.4 is 16.8 Å². The molecule has 35 heavy (non-hydrogen) atoms. The predicted molar refractivity (Wildman–Crippen MR) is 129 cm³/mol. The minimum atomic E-state index is -3.71. The topological polar surface area (TPSA) is 155 Å². The number of piperidine rings is 1. The summed E-state index contributed by atoms with van der Waals surface area (Å²) < 4.78 is 55.3. The van der Waals surface area contributed by atoms with Crippen LogP contribution in [-0.4, -0.2) is 48.5 Å². The minimum Gasteiger partial charge on any atom is -0.384 e. The minimum absolute atomic E-state index is 0.0782. The average Bonchev–Trinajstić information content (AvgIpc) is 3.19. The Morgan fingerprint density at radius 3 is 2.29 bits per heavy atom. The van der Waals surface area contributed by atoms with Crippen molar-refractivity contribution in [2.24, 2.45) is 5.73 Å². The number of nitrogens with zero attached hydrogens (tertiary/aromatic N) is 2. The van der Waals surface area contributed by atoms with Gasteiger partial charge in [0.25, 0.3) is 0 Å². The highest BCUT2D eigenvalue weighted by Gasteiger charge is 2.30. The summed E-state index contributed by atoms with van der Waals surface area (Å²) in [5.74, 6) is -3.14. The Morgan fingerprint density at radius 2 is 1.71 bits per heavy atom. The standard InChI is InChI=1S/C22H22F2N6O3S2/c23-15-2-1-3-16(24)17(15)18(31)19-21(27)29-22(34-19)28-13-8-10-30(11-9-13)35(32,33)14-6-4-12(5-7-14)20(25)26/h1-7,13H,8-11,27H2,(H3,25,26)(H,28,29). The maximum Gasteiger partial charge on any atom is 0.243 e. The van der Waals surface area contributed by atoms with Gasteiger partial charge in [-0.2, -0.15) is 4.31 Å². The predicted octanol–water partition coefficient (Wildman–Crippen LogP) is 2.78. The molecule has 184 valence electrons. The number of rotatable bonds is 7. The quantitative estimate of drug-likeness (QED) is 0.212. The van der Waals surface area contributed by atoms with E-state index in [0.29, 0.717) is 23.5 Å². The molecular weight excluding hydrogens is 498 g/mol. The smallest absolute Gasteiger partial charge is 0.243 e. The number of hydrogen-bond donors (Lipinski definition) is 4. The Morgan fingerprint density at radius 1 is 1.11 bits per heavy atom. The summed E-state index contributed by atoms with van der Waals surface area (Å²) in [7, 11) is -3.71. The second kappa shape index (κ2) is 9.68. The number of aromatic nitrogens is 1. The van der Waals surface area contributed by atoms with Gasteiger partial charge in [0, 0.05) is 24.7 Å². The van der Waals surface area contributed by atoms with Crippen molar-refractivity contribution in [2.75, 3.05) is 24.1 Å². The van der Waals surface area contributed by atoms with Crippen molar-refractivity contribution in [1.82, 2.24) is 9.29 Å². The van der Waals surface area contributed by atoms with E-state index in [1.165, 1.54) is 28.6 Å². The van der Waals surface area contributed by atoms with E-state index in [0.717, 1.165) is 29.5 Å². The number of anilines is 2. The molecule has 0 aliphatic carbocycles. The lowest BCUT2D eigenvalue weighted by Gasteiger charge is -2.31. The van der Waals surface area contributed by atoms with Crippen LogP contribution in [0, 0.1) is 17.0 Å². The fraction of sp³-hybridized carbons (Fsp3) is 0.227. The molecule has 0 atom stereocenters. The molecule has 2 heterocycles. The lowest BCUT2D eigenvalue weighted by atomic mass is 10.1. The number of carbonyl (C=O) groups excluding carboxylic acids is 1. The van der Waals surface area contributed by atoms with Gasteiger partial charge in [-0.15, -0.1) is 0 Å². The number of nitrogen functional groups attached to an aromatic ring is 2. The summed E-state index contributed by atoms with van der Waals surface area (Å²) in [5, 5.41) is 10.9. The van der Waals surface area contributed by atoms with Crippen LogP contribution in [0.2, 0.25) is 0 Å². The lowest BCUT2D eigenvalue weighted by Crippen LogP contribution is -2.42. The summed E-state index contributed by atoms with van der Waals surface area (Å²) in [6.45, 7) is 0.503. The molecule has 0 unspecified atom stereocenters. The van der Waals surface area contributed by atoms with Crippen LogP contribution in [0.4, 0.5) is 19.7 Å². The SMILES string of the molecule is N=C(N)c1ccc(S(=O)(=O)N2CCC(Nc3nc(N)c(C(=O)c4c(F)cccc4F)s3)CC2)cc1. The molecule has 1 aromatic heterocycles. The first-order valence-corrected chi connectivity index (χ1v) is 12.8. The van der Waals surface area contributed by atoms with Gasteiger partial charge in [-0.3, -0.25) is 10.2 Å². The van der Waals surface area contributed by atoms with E-state index in [4.69, 9.17) is 16.9 Å². The first-order valence-electron chi connectivity index (χ1n) is 10.5. The summed E-state index contributed by atoms with van der Waals surface area (Å²) in [6.07, 6.45) is 0.935. The summed E-state index contributed by atoms with van der Waals surface area (Å²) in [4.78, 5) is 16.8. The van der Waals surface area contributed by atoms with Gasteiger partial charge in [0.15, 0.2) is 5.13 Å². The third kappa shape index (κ3) is 5.01. The number of thiazole rings is 1. The number of nitrogens with one attached hydrogen (secondary N) is 2. The van der Waals surface area contributed by atoms with E-state index in [-0.39, 0.29) is 40.6 Å². The third-order valence-electron chi connectivity index (χ3n) is 5.63. The maximum atomic E-state index is 14.0. The van der Waals surface area contributed by atoms with Crippen molar-refractivity contribution in [3.63, 3.8) is 0 Å². The van der Waals surface area contributed by atoms with Crippen molar-refractivity contribution < 1.29 is 22.0 Å². The van der Waals surface area contributed by atoms with Gasteiger partial charge in [0.05, 0.1) is 10.5 Å². The molecular formula is C22H22F2N6O3S2. The van der Waals surface area contributed by atoms with Gasteiger partial charge in [0.1, 0.15) is 28.2 Å². The second-order valence-electron chi connectivity index (χ2n) is 7.92. The Bertz CT molecular complexity index is 1360. The fourth-order valence-electron chi connectivity index (χ4n) is 3.76. The highest BCUT2D eigenvalue weighted by Crippen LogP contribution is 2.31. The molecule has 1 aliphatic heterocycles. The molecule has 0 amide bonds. The van der Waals surface area contributed by atoms with Crippen LogP contribution in [0.25, 0.3) is 0 Å². The van der Waals surface area contributed by atoms with Crippen LogP contribution in [0.1, 0.15) is 33.6 Å². The second-order valence-corrected chi connectivity index (χ2v) is 10.9. The van der Waals surface area contributed by atoms with E-state index in [1.807, 2.05) is 0 Å². The van der Waals surface area contributed by atoms with Crippen molar-refractivity contribution in [3.8, 4) is 0 Å². The zero-order valence-corrected chi connectivity index (χ0v) is 19.9. The van der Waals surface area contributed by atoms with Crippen molar-refractivity contribution in [1.29, 1.82) is 5.41 Å². The molecule has 9 nitrogen and oxygen atoms in total. The van der Waals surface area contributed by atoms with Crippen LogP contribution in [0.5, 0.6) is 0 Å². The van der Waals surface area contributed by atoms with Crippen molar-refractivity contribution >= 4 is 43.9 Å². The van der Waals surface area contributed by atoms with Crippen LogP contribution in [0.15, 0.2) is 47.4 Å². The van der Waals surface area contributed by atoms with E-state index in [1.54, 1.807) is 0 Å². The Balaban J connectivity index is 1.41. The molecule has 0 bridgehead atoms. The number of nitrogens with two attached hydrogens (primary N) is 2. The number of ketones is 1. The number of sulfonamides is 1. The van der Waals surface area contributed by atoms with E-state index in [2.05, 4.69) is 10.3 Å². The van der Waals surface area contributed by atoms with Crippen molar-refractivity contribution in [2.45, 2.75) is 23.8 Å². The average molecular weight is 521 g/mol. The maximum absolute atomic E-state index is 14.0. The molecule has 13 heteroatoms. The zero-order valence-electron chi connectivity index (χ0n) is 18.3. The Hall–Kier alpha value is -3.42. The Kier molecular flexibility index (Phi) is 6.83. The van der Waals surface area contributed by atoms with Crippen LogP contribution in [-0.2, 0) is 10.0 Å². The largest absolute Gasteiger partial charge is 0.384 e. The third-order valence-corrected chi connectivity index (χ3v) is 8.55. The molecule has 2 aromatic carbocycles.